The molecule has 3 rings (SSSR count). The van der Waals surface area contributed by atoms with Crippen LogP contribution in [0.4, 0.5) is 5.82 Å². The molecule has 114 valence electrons. The van der Waals surface area contributed by atoms with Gasteiger partial charge in [0.25, 0.3) is 0 Å². The van der Waals surface area contributed by atoms with Gasteiger partial charge in [-0.25, -0.2) is 0 Å². The quantitative estimate of drug-likeness (QED) is 0.792. The second-order valence-corrected chi connectivity index (χ2v) is 5.97. The molecule has 0 aliphatic carbocycles. The van der Waals surface area contributed by atoms with Gasteiger partial charge in [0.15, 0.2) is 5.82 Å². The Balaban J connectivity index is 1.52. The van der Waals surface area contributed by atoms with E-state index in [2.05, 4.69) is 27.0 Å². The third-order valence-corrected chi connectivity index (χ3v) is 4.54. The zero-order chi connectivity index (χ0) is 14.7. The summed E-state index contributed by atoms with van der Waals surface area (Å²) < 4.78 is 0. The van der Waals surface area contributed by atoms with E-state index < -0.39 is 0 Å². The van der Waals surface area contributed by atoms with E-state index in [9.17, 15) is 4.79 Å². The summed E-state index contributed by atoms with van der Waals surface area (Å²) in [5, 5.41) is 8.07. The fourth-order valence-electron chi connectivity index (χ4n) is 3.10. The number of piperidine rings is 1. The minimum atomic E-state index is 0.182. The second kappa shape index (κ2) is 6.39. The maximum Gasteiger partial charge on any atom is 0.225 e. The van der Waals surface area contributed by atoms with Crippen molar-refractivity contribution in [3.63, 3.8) is 0 Å². The first-order valence-corrected chi connectivity index (χ1v) is 7.74. The molecule has 0 spiro atoms. The first kappa shape index (κ1) is 14.3. The SMILES string of the molecule is CN1CCN(C(=O)C2CCN(c3cccnn3)CC2)CC1. The van der Waals surface area contributed by atoms with E-state index in [1.165, 1.54) is 0 Å². The zero-order valence-corrected chi connectivity index (χ0v) is 12.6. The fraction of sp³-hybridized carbons (Fsp3) is 0.667. The average Bonchev–Trinajstić information content (AvgIpc) is 2.56. The van der Waals surface area contributed by atoms with E-state index in [0.29, 0.717) is 5.91 Å². The molecule has 2 fully saturated rings. The molecule has 0 N–H and O–H groups in total. The number of anilines is 1. The first-order valence-electron chi connectivity index (χ1n) is 7.74. The van der Waals surface area contributed by atoms with Crippen molar-refractivity contribution in [2.24, 2.45) is 5.92 Å². The number of nitrogens with zero attached hydrogens (tertiary/aromatic N) is 5. The van der Waals surface area contributed by atoms with Crippen molar-refractivity contribution in [2.75, 3.05) is 51.2 Å². The van der Waals surface area contributed by atoms with Crippen molar-refractivity contribution in [3.05, 3.63) is 18.3 Å². The number of hydrogen-bond acceptors (Lipinski definition) is 5. The van der Waals surface area contributed by atoms with Crippen molar-refractivity contribution < 1.29 is 4.79 Å². The van der Waals surface area contributed by atoms with Crippen LogP contribution in [0.5, 0.6) is 0 Å². The molecular weight excluding hydrogens is 266 g/mol. The van der Waals surface area contributed by atoms with Crippen molar-refractivity contribution in [1.82, 2.24) is 20.0 Å². The minimum absolute atomic E-state index is 0.182. The molecule has 0 radical (unpaired) electrons. The van der Waals surface area contributed by atoms with E-state index >= 15 is 0 Å². The number of piperazine rings is 1. The molecule has 1 amide bonds. The Labute approximate surface area is 125 Å². The summed E-state index contributed by atoms with van der Waals surface area (Å²) in [6.45, 7) is 5.51. The summed E-state index contributed by atoms with van der Waals surface area (Å²) in [6, 6.07) is 3.89. The van der Waals surface area contributed by atoms with Gasteiger partial charge in [0.05, 0.1) is 0 Å². The lowest BCUT2D eigenvalue weighted by atomic mass is 9.95. The summed E-state index contributed by atoms with van der Waals surface area (Å²) in [5.74, 6) is 1.45. The highest BCUT2D eigenvalue weighted by atomic mass is 16.2. The van der Waals surface area contributed by atoms with Crippen LogP contribution < -0.4 is 4.90 Å². The standard InChI is InChI=1S/C15H23N5O/c1-18-9-11-20(12-10-18)15(21)13-4-7-19(8-5-13)14-3-2-6-16-17-14/h2-3,6,13H,4-5,7-12H2,1H3. The smallest absolute Gasteiger partial charge is 0.225 e. The van der Waals surface area contributed by atoms with E-state index in [0.717, 1.165) is 57.9 Å². The lowest BCUT2D eigenvalue weighted by molar-refractivity contribution is -0.137. The number of hydrogen-bond donors (Lipinski definition) is 0. The van der Waals surface area contributed by atoms with E-state index in [1.807, 2.05) is 17.0 Å². The lowest BCUT2D eigenvalue weighted by Crippen LogP contribution is -2.50. The van der Waals surface area contributed by atoms with Gasteiger partial charge >= 0.3 is 0 Å². The van der Waals surface area contributed by atoms with Gasteiger partial charge in [-0.15, -0.1) is 5.10 Å². The van der Waals surface area contributed by atoms with Crippen LogP contribution in [0.15, 0.2) is 18.3 Å². The Morgan fingerprint density at radius 1 is 1.14 bits per heavy atom. The summed E-state index contributed by atoms with van der Waals surface area (Å²) >= 11 is 0. The van der Waals surface area contributed by atoms with Gasteiger partial charge in [0.2, 0.25) is 5.91 Å². The summed E-state index contributed by atoms with van der Waals surface area (Å²) in [4.78, 5) is 19.1. The van der Waals surface area contributed by atoms with Gasteiger partial charge in [0.1, 0.15) is 0 Å². The molecule has 3 heterocycles. The number of carbonyl (C=O) groups is 1. The van der Waals surface area contributed by atoms with Gasteiger partial charge in [-0.2, -0.15) is 5.10 Å². The Bertz CT molecular complexity index is 464. The number of amides is 1. The Morgan fingerprint density at radius 3 is 2.48 bits per heavy atom. The molecule has 0 unspecified atom stereocenters. The third-order valence-electron chi connectivity index (χ3n) is 4.54. The fourth-order valence-corrected chi connectivity index (χ4v) is 3.10. The molecule has 2 aliphatic heterocycles. The predicted octanol–water partition coefficient (Wildman–Crippen LogP) is 0.467. The lowest BCUT2D eigenvalue weighted by Gasteiger charge is -2.37. The molecule has 0 atom stereocenters. The van der Waals surface area contributed by atoms with Crippen LogP contribution in [0.25, 0.3) is 0 Å². The average molecular weight is 289 g/mol. The third kappa shape index (κ3) is 3.32. The summed E-state index contributed by atoms with van der Waals surface area (Å²) in [7, 11) is 2.11. The van der Waals surface area contributed by atoms with Crippen LogP contribution >= 0.6 is 0 Å². The highest BCUT2D eigenvalue weighted by Gasteiger charge is 2.30. The number of rotatable bonds is 2. The molecule has 0 aromatic carbocycles. The molecule has 0 bridgehead atoms. The van der Waals surface area contributed by atoms with Gasteiger partial charge in [-0.05, 0) is 32.0 Å². The second-order valence-electron chi connectivity index (χ2n) is 5.97. The number of carbonyl (C=O) groups excluding carboxylic acids is 1. The van der Waals surface area contributed by atoms with Crippen LogP contribution in [0.2, 0.25) is 0 Å². The maximum atomic E-state index is 12.6. The van der Waals surface area contributed by atoms with Crippen LogP contribution in [0, 0.1) is 5.92 Å². The van der Waals surface area contributed by atoms with Crippen molar-refractivity contribution in [3.8, 4) is 0 Å². The molecular formula is C15H23N5O. The highest BCUT2D eigenvalue weighted by Crippen LogP contribution is 2.23. The van der Waals surface area contributed by atoms with Crippen molar-refractivity contribution >= 4 is 11.7 Å². The Kier molecular flexibility index (Phi) is 4.34. The maximum absolute atomic E-state index is 12.6. The molecule has 2 saturated heterocycles. The van der Waals surface area contributed by atoms with Crippen LogP contribution in [0.3, 0.4) is 0 Å². The molecule has 6 nitrogen and oxygen atoms in total. The summed E-state index contributed by atoms with van der Waals surface area (Å²) in [6.07, 6.45) is 3.52. The molecule has 1 aromatic rings. The van der Waals surface area contributed by atoms with E-state index in [1.54, 1.807) is 6.20 Å². The van der Waals surface area contributed by atoms with Crippen LogP contribution in [0.1, 0.15) is 12.8 Å². The predicted molar refractivity (Wildman–Crippen MR) is 81.0 cm³/mol. The topological polar surface area (TPSA) is 52.6 Å². The molecule has 0 saturated carbocycles. The van der Waals surface area contributed by atoms with Crippen molar-refractivity contribution in [2.45, 2.75) is 12.8 Å². The normalized spacial score (nSPS) is 21.6. The highest BCUT2D eigenvalue weighted by molar-refractivity contribution is 5.79. The van der Waals surface area contributed by atoms with Gasteiger partial charge in [-0.1, -0.05) is 0 Å². The number of likely N-dealkylation sites (N-methyl/N-ethyl adjacent to an activating group) is 1. The van der Waals surface area contributed by atoms with E-state index in [4.69, 9.17) is 0 Å². The van der Waals surface area contributed by atoms with Crippen molar-refractivity contribution in [1.29, 1.82) is 0 Å². The Hall–Kier alpha value is -1.69. The molecule has 1 aromatic heterocycles. The zero-order valence-electron chi connectivity index (χ0n) is 12.6. The Morgan fingerprint density at radius 2 is 1.86 bits per heavy atom. The molecule has 6 heteroatoms. The van der Waals surface area contributed by atoms with Crippen LogP contribution in [-0.2, 0) is 4.79 Å². The number of aromatic nitrogens is 2. The van der Waals surface area contributed by atoms with E-state index in [-0.39, 0.29) is 5.92 Å². The molecule has 2 aliphatic rings. The largest absolute Gasteiger partial charge is 0.355 e. The van der Waals surface area contributed by atoms with Gasteiger partial charge < -0.3 is 14.7 Å². The minimum Gasteiger partial charge on any atom is -0.355 e. The van der Waals surface area contributed by atoms with Gasteiger partial charge in [-0.3, -0.25) is 4.79 Å². The summed E-state index contributed by atoms with van der Waals surface area (Å²) in [5.41, 5.74) is 0. The first-order chi connectivity index (χ1) is 10.2. The van der Waals surface area contributed by atoms with Crippen LogP contribution in [-0.4, -0.2) is 72.2 Å². The monoisotopic (exact) mass is 289 g/mol. The molecule has 21 heavy (non-hydrogen) atoms. The van der Waals surface area contributed by atoms with Gasteiger partial charge in [0, 0.05) is 51.4 Å².